The van der Waals surface area contributed by atoms with Crippen molar-refractivity contribution < 1.29 is 24.8 Å². The summed E-state index contributed by atoms with van der Waals surface area (Å²) < 4.78 is 11.2. The van der Waals surface area contributed by atoms with Gasteiger partial charge in [0.25, 0.3) is 0 Å². The zero-order chi connectivity index (χ0) is 26.3. The van der Waals surface area contributed by atoms with Gasteiger partial charge in [-0.25, -0.2) is 0 Å². The highest BCUT2D eigenvalue weighted by atomic mass is 35.5. The number of ether oxygens (including phenoxy) is 2. The molecule has 3 rings (SSSR count). The van der Waals surface area contributed by atoms with Crippen LogP contribution in [0.4, 0.5) is 0 Å². The van der Waals surface area contributed by atoms with Gasteiger partial charge in [-0.15, -0.1) is 11.6 Å². The van der Waals surface area contributed by atoms with Crippen molar-refractivity contribution in [3.05, 3.63) is 95.1 Å². The smallest absolute Gasteiger partial charge is 0.119 e. The van der Waals surface area contributed by atoms with Crippen LogP contribution in [-0.4, -0.2) is 53.2 Å². The van der Waals surface area contributed by atoms with Crippen LogP contribution in [0.25, 0.3) is 0 Å². The van der Waals surface area contributed by atoms with E-state index in [0.29, 0.717) is 11.5 Å². The Kier molecular flexibility index (Phi) is 9.42. The summed E-state index contributed by atoms with van der Waals surface area (Å²) in [6.45, 7) is 8.71. The molecular formula is C30H37ClO5. The molecule has 0 amide bonds. The van der Waals surface area contributed by atoms with E-state index in [-0.39, 0.29) is 36.5 Å². The van der Waals surface area contributed by atoms with E-state index in [9.17, 15) is 10.2 Å². The van der Waals surface area contributed by atoms with Gasteiger partial charge in [0.1, 0.15) is 36.9 Å². The van der Waals surface area contributed by atoms with E-state index >= 15 is 0 Å². The summed E-state index contributed by atoms with van der Waals surface area (Å²) >= 11 is 5.64. The third-order valence-electron chi connectivity index (χ3n) is 6.73. The zero-order valence-electron chi connectivity index (χ0n) is 21.4. The number of hydrogen-bond acceptors (Lipinski definition) is 5. The zero-order valence-corrected chi connectivity index (χ0v) is 22.2. The van der Waals surface area contributed by atoms with Gasteiger partial charge < -0.3 is 24.8 Å². The molecule has 0 aliphatic rings. The summed E-state index contributed by atoms with van der Waals surface area (Å²) in [6.07, 6.45) is -1.57. The topological polar surface area (TPSA) is 79.2 Å². The van der Waals surface area contributed by atoms with Crippen LogP contribution in [0, 0.1) is 0 Å². The monoisotopic (exact) mass is 512 g/mol. The van der Waals surface area contributed by atoms with Crippen LogP contribution in [0.5, 0.6) is 11.5 Å². The van der Waals surface area contributed by atoms with E-state index in [1.807, 2.05) is 36.4 Å². The molecule has 0 saturated carbocycles. The number of rotatable bonds is 12. The number of alkyl halides is 1. The Morgan fingerprint density at radius 2 is 1.08 bits per heavy atom. The molecule has 3 N–H and O–H groups in total. The predicted octanol–water partition coefficient (Wildman–Crippen LogP) is 5.05. The Balaban J connectivity index is 1.78. The van der Waals surface area contributed by atoms with Crippen molar-refractivity contribution in [2.75, 3.05) is 25.7 Å². The van der Waals surface area contributed by atoms with Crippen LogP contribution in [0.3, 0.4) is 0 Å². The number of aliphatic hydroxyl groups excluding tert-OH is 3. The maximum atomic E-state index is 9.61. The molecule has 0 saturated heterocycles. The van der Waals surface area contributed by atoms with Gasteiger partial charge in [0, 0.05) is 10.8 Å². The Hall–Kier alpha value is -2.57. The minimum atomic E-state index is -0.889. The maximum Gasteiger partial charge on any atom is 0.119 e. The molecule has 0 fully saturated rings. The lowest BCUT2D eigenvalue weighted by molar-refractivity contribution is 0.0536. The maximum absolute atomic E-state index is 9.61. The second kappa shape index (κ2) is 12.1. The molecule has 3 aromatic rings. The van der Waals surface area contributed by atoms with Gasteiger partial charge in [0.05, 0.1) is 12.5 Å². The van der Waals surface area contributed by atoms with Crippen molar-refractivity contribution in [1.82, 2.24) is 0 Å². The third kappa shape index (κ3) is 6.80. The summed E-state index contributed by atoms with van der Waals surface area (Å²) in [5, 5.41) is 28.1. The number of halogens is 1. The first-order chi connectivity index (χ1) is 17.1. The fraction of sp³-hybridized carbons (Fsp3) is 0.400. The van der Waals surface area contributed by atoms with Crippen molar-refractivity contribution in [3.8, 4) is 11.5 Å². The predicted molar refractivity (Wildman–Crippen MR) is 144 cm³/mol. The van der Waals surface area contributed by atoms with Crippen LogP contribution < -0.4 is 9.47 Å². The van der Waals surface area contributed by atoms with Gasteiger partial charge in [0.15, 0.2) is 0 Å². The van der Waals surface area contributed by atoms with Crippen molar-refractivity contribution >= 4 is 11.6 Å². The third-order valence-corrected chi connectivity index (χ3v) is 7.09. The SMILES string of the molecule is CC(C)(c1ccc(OCC(O)CO)cc1)c1cccc(C(C)(C)c2ccc(OCC(O)CCl)cc2)c1. The molecule has 0 heterocycles. The Morgan fingerprint density at radius 3 is 1.47 bits per heavy atom. The molecule has 0 spiro atoms. The summed E-state index contributed by atoms with van der Waals surface area (Å²) in [6, 6.07) is 24.5. The lowest BCUT2D eigenvalue weighted by Crippen LogP contribution is -2.23. The van der Waals surface area contributed by atoms with Crippen molar-refractivity contribution in [1.29, 1.82) is 0 Å². The van der Waals surface area contributed by atoms with Crippen LogP contribution >= 0.6 is 11.6 Å². The first-order valence-corrected chi connectivity index (χ1v) is 12.7. The van der Waals surface area contributed by atoms with Crippen LogP contribution in [0.2, 0.25) is 0 Å². The van der Waals surface area contributed by atoms with Gasteiger partial charge in [-0.1, -0.05) is 76.2 Å². The molecule has 36 heavy (non-hydrogen) atoms. The number of benzene rings is 3. The summed E-state index contributed by atoms with van der Waals surface area (Å²) in [5.41, 5.74) is 4.24. The van der Waals surface area contributed by atoms with E-state index < -0.39 is 12.2 Å². The molecule has 5 nitrogen and oxygen atoms in total. The van der Waals surface area contributed by atoms with E-state index in [1.54, 1.807) is 0 Å². The first kappa shape index (κ1) is 28.0. The van der Waals surface area contributed by atoms with Gasteiger partial charge in [-0.3, -0.25) is 0 Å². The molecule has 3 aromatic carbocycles. The van der Waals surface area contributed by atoms with Gasteiger partial charge in [-0.05, 0) is 46.5 Å². The van der Waals surface area contributed by atoms with E-state index in [1.165, 1.54) is 11.1 Å². The van der Waals surface area contributed by atoms with E-state index in [4.69, 9.17) is 26.2 Å². The first-order valence-electron chi connectivity index (χ1n) is 12.2. The minimum absolute atomic E-state index is 0.0544. The van der Waals surface area contributed by atoms with Gasteiger partial charge in [0.2, 0.25) is 0 Å². The quantitative estimate of drug-likeness (QED) is 0.296. The van der Waals surface area contributed by atoms with Gasteiger partial charge in [-0.2, -0.15) is 0 Å². The largest absolute Gasteiger partial charge is 0.491 e. The molecule has 0 radical (unpaired) electrons. The van der Waals surface area contributed by atoms with Crippen molar-refractivity contribution in [2.45, 2.75) is 50.7 Å². The lowest BCUT2D eigenvalue weighted by Gasteiger charge is -2.31. The van der Waals surface area contributed by atoms with Crippen LogP contribution in [0.1, 0.15) is 49.9 Å². The molecule has 0 aliphatic carbocycles. The van der Waals surface area contributed by atoms with E-state index in [0.717, 1.165) is 11.1 Å². The minimum Gasteiger partial charge on any atom is -0.491 e. The molecule has 0 bridgehead atoms. The average molecular weight is 513 g/mol. The molecule has 0 aromatic heterocycles. The highest BCUT2D eigenvalue weighted by molar-refractivity contribution is 6.18. The standard InChI is InChI=1S/C30H37ClO5/c1-29(2,21-8-12-27(13-9-21)35-19-25(33)17-31)23-6-5-7-24(16-23)30(3,4)22-10-14-28(15-11-22)36-20-26(34)18-32/h5-16,25-26,32-34H,17-20H2,1-4H3. The van der Waals surface area contributed by atoms with Crippen molar-refractivity contribution in [3.63, 3.8) is 0 Å². The number of aliphatic hydroxyl groups is 3. The van der Waals surface area contributed by atoms with Gasteiger partial charge >= 0.3 is 0 Å². The average Bonchev–Trinajstić information content (AvgIpc) is 2.90. The second-order valence-electron chi connectivity index (χ2n) is 10.1. The van der Waals surface area contributed by atoms with Crippen LogP contribution in [-0.2, 0) is 10.8 Å². The van der Waals surface area contributed by atoms with E-state index in [2.05, 4.69) is 64.1 Å². The lowest BCUT2D eigenvalue weighted by atomic mass is 9.73. The Morgan fingerprint density at radius 1 is 0.667 bits per heavy atom. The molecular weight excluding hydrogens is 476 g/mol. The fourth-order valence-electron chi connectivity index (χ4n) is 4.05. The molecule has 0 aliphatic heterocycles. The van der Waals surface area contributed by atoms with Crippen molar-refractivity contribution in [2.24, 2.45) is 0 Å². The highest BCUT2D eigenvalue weighted by Crippen LogP contribution is 2.37. The van der Waals surface area contributed by atoms with Crippen LogP contribution in [0.15, 0.2) is 72.8 Å². The molecule has 6 heteroatoms. The molecule has 2 unspecified atom stereocenters. The highest BCUT2D eigenvalue weighted by Gasteiger charge is 2.28. The molecule has 2 atom stereocenters. The molecule has 194 valence electrons. The normalized spacial score (nSPS) is 13.8. The Labute approximate surface area is 219 Å². The fourth-order valence-corrected chi connectivity index (χ4v) is 4.14. The Bertz CT molecular complexity index is 1010. The second-order valence-corrected chi connectivity index (χ2v) is 10.5. The summed E-state index contributed by atoms with van der Waals surface area (Å²) in [4.78, 5) is 0. The summed E-state index contributed by atoms with van der Waals surface area (Å²) in [7, 11) is 0. The number of hydrogen-bond donors (Lipinski definition) is 3. The summed E-state index contributed by atoms with van der Waals surface area (Å²) in [5.74, 6) is 1.50.